The van der Waals surface area contributed by atoms with Crippen molar-refractivity contribution < 1.29 is 0 Å². The minimum atomic E-state index is 0.717. The van der Waals surface area contributed by atoms with E-state index >= 15 is 0 Å². The van der Waals surface area contributed by atoms with Crippen LogP contribution in [0.15, 0.2) is 6.07 Å². The zero-order chi connectivity index (χ0) is 16.1. The van der Waals surface area contributed by atoms with E-state index in [2.05, 4.69) is 45.0 Å². The summed E-state index contributed by atoms with van der Waals surface area (Å²) in [4.78, 5) is 2.53. The zero-order valence-electron chi connectivity index (χ0n) is 14.1. The molecule has 0 aliphatic carbocycles. The average Bonchev–Trinajstić information content (AvgIpc) is 3.09. The Morgan fingerprint density at radius 2 is 2.13 bits per heavy atom. The smallest absolute Gasteiger partial charge is 0.205 e. The molecule has 0 aromatic carbocycles. The van der Waals surface area contributed by atoms with Gasteiger partial charge in [-0.1, -0.05) is 25.2 Å². The lowest BCUT2D eigenvalue weighted by atomic mass is 10.3. The highest BCUT2D eigenvalue weighted by Crippen LogP contribution is 2.18. The summed E-state index contributed by atoms with van der Waals surface area (Å²) >= 11 is 1.65. The van der Waals surface area contributed by atoms with Crippen LogP contribution < -0.4 is 5.32 Å². The molecule has 7 heteroatoms. The number of aromatic nitrogens is 4. The second kappa shape index (κ2) is 7.88. The van der Waals surface area contributed by atoms with Crippen molar-refractivity contribution in [2.24, 2.45) is 0 Å². The fraction of sp³-hybridized carbons (Fsp3) is 0.688. The molecule has 0 spiro atoms. The molecule has 0 unspecified atom stereocenters. The first-order chi connectivity index (χ1) is 11.3. The fourth-order valence-corrected chi connectivity index (χ4v) is 3.82. The summed E-state index contributed by atoms with van der Waals surface area (Å²) in [6.07, 6.45) is 4.50. The number of aryl methyl sites for hydroxylation is 2. The first-order valence-corrected chi connectivity index (χ1v) is 9.44. The van der Waals surface area contributed by atoms with Crippen molar-refractivity contribution >= 4 is 16.5 Å². The van der Waals surface area contributed by atoms with Crippen molar-refractivity contribution in [3.05, 3.63) is 22.5 Å². The Morgan fingerprint density at radius 3 is 2.96 bits per heavy atom. The van der Waals surface area contributed by atoms with Crippen molar-refractivity contribution in [3.8, 4) is 0 Å². The van der Waals surface area contributed by atoms with Gasteiger partial charge in [0.05, 0.1) is 17.9 Å². The SMILES string of the molecule is CCCc1nnc(NCc2cc3n(n2)CCCN(CCC)C3)s1. The number of hydrogen-bond acceptors (Lipinski definition) is 6. The summed E-state index contributed by atoms with van der Waals surface area (Å²) in [6.45, 7) is 9.50. The summed E-state index contributed by atoms with van der Waals surface area (Å²) in [5, 5.41) is 18.5. The van der Waals surface area contributed by atoms with Crippen LogP contribution in [-0.2, 0) is 26.1 Å². The topological polar surface area (TPSA) is 58.9 Å². The first-order valence-electron chi connectivity index (χ1n) is 8.62. The van der Waals surface area contributed by atoms with Crippen LogP contribution in [0.1, 0.15) is 49.5 Å². The predicted molar refractivity (Wildman–Crippen MR) is 93.6 cm³/mol. The van der Waals surface area contributed by atoms with E-state index < -0.39 is 0 Å². The zero-order valence-corrected chi connectivity index (χ0v) is 14.9. The number of rotatable bonds is 7. The first kappa shape index (κ1) is 16.4. The third-order valence-electron chi connectivity index (χ3n) is 4.04. The van der Waals surface area contributed by atoms with Gasteiger partial charge in [-0.15, -0.1) is 10.2 Å². The monoisotopic (exact) mass is 334 g/mol. The quantitative estimate of drug-likeness (QED) is 0.844. The van der Waals surface area contributed by atoms with Gasteiger partial charge in [-0.25, -0.2) is 0 Å². The summed E-state index contributed by atoms with van der Waals surface area (Å²) in [7, 11) is 0. The fourth-order valence-electron chi connectivity index (χ4n) is 2.99. The van der Waals surface area contributed by atoms with Gasteiger partial charge in [-0.3, -0.25) is 9.58 Å². The Balaban J connectivity index is 1.60. The maximum atomic E-state index is 4.75. The molecule has 2 aromatic rings. The maximum absolute atomic E-state index is 4.75. The molecule has 1 aliphatic rings. The van der Waals surface area contributed by atoms with Gasteiger partial charge in [0, 0.05) is 26.1 Å². The lowest BCUT2D eigenvalue weighted by Gasteiger charge is -2.17. The van der Waals surface area contributed by atoms with Crippen molar-refractivity contribution in [2.45, 2.75) is 59.2 Å². The molecule has 1 aliphatic heterocycles. The van der Waals surface area contributed by atoms with Gasteiger partial charge in [0.2, 0.25) is 5.13 Å². The molecule has 0 saturated carbocycles. The molecule has 0 saturated heterocycles. The van der Waals surface area contributed by atoms with E-state index in [4.69, 9.17) is 5.10 Å². The van der Waals surface area contributed by atoms with Crippen LogP contribution in [0, 0.1) is 0 Å². The number of anilines is 1. The number of hydrogen-bond donors (Lipinski definition) is 1. The standard InChI is InChI=1S/C16H26N6S/c1-3-6-15-18-19-16(23-15)17-11-13-10-14-12-21(7-4-2)8-5-9-22(14)20-13/h10H,3-9,11-12H2,1-2H3,(H,17,19). The minimum absolute atomic E-state index is 0.717. The van der Waals surface area contributed by atoms with Crippen LogP contribution in [0.2, 0.25) is 0 Å². The van der Waals surface area contributed by atoms with Crippen LogP contribution in [0.25, 0.3) is 0 Å². The summed E-state index contributed by atoms with van der Waals surface area (Å²) in [5.41, 5.74) is 2.42. The van der Waals surface area contributed by atoms with Crippen molar-refractivity contribution in [2.75, 3.05) is 18.4 Å². The van der Waals surface area contributed by atoms with E-state index in [0.717, 1.165) is 41.8 Å². The Morgan fingerprint density at radius 1 is 1.22 bits per heavy atom. The van der Waals surface area contributed by atoms with Gasteiger partial charge in [-0.2, -0.15) is 5.10 Å². The van der Waals surface area contributed by atoms with Gasteiger partial charge in [-0.05, 0) is 31.9 Å². The molecule has 0 bridgehead atoms. The van der Waals surface area contributed by atoms with E-state index in [0.29, 0.717) is 6.54 Å². The molecular formula is C16H26N6S. The minimum Gasteiger partial charge on any atom is -0.354 e. The lowest BCUT2D eigenvalue weighted by Crippen LogP contribution is -2.23. The lowest BCUT2D eigenvalue weighted by molar-refractivity contribution is 0.270. The predicted octanol–water partition coefficient (Wildman–Crippen LogP) is 2.91. The summed E-state index contributed by atoms with van der Waals surface area (Å²) < 4.78 is 2.18. The van der Waals surface area contributed by atoms with E-state index in [1.165, 1.54) is 31.6 Å². The van der Waals surface area contributed by atoms with Gasteiger partial charge in [0.15, 0.2) is 0 Å². The molecule has 2 aromatic heterocycles. The van der Waals surface area contributed by atoms with E-state index in [9.17, 15) is 0 Å². The molecule has 6 nitrogen and oxygen atoms in total. The number of fused-ring (bicyclic) bond motifs is 1. The van der Waals surface area contributed by atoms with E-state index in [-0.39, 0.29) is 0 Å². The van der Waals surface area contributed by atoms with Gasteiger partial charge < -0.3 is 5.32 Å². The Bertz CT molecular complexity index is 620. The van der Waals surface area contributed by atoms with Gasteiger partial charge in [0.25, 0.3) is 0 Å². The Hall–Kier alpha value is -1.47. The maximum Gasteiger partial charge on any atom is 0.205 e. The van der Waals surface area contributed by atoms with Crippen LogP contribution >= 0.6 is 11.3 Å². The number of nitrogens with one attached hydrogen (secondary N) is 1. The molecule has 3 heterocycles. The van der Waals surface area contributed by atoms with Gasteiger partial charge >= 0.3 is 0 Å². The van der Waals surface area contributed by atoms with Crippen LogP contribution in [-0.4, -0.2) is 38.0 Å². The van der Waals surface area contributed by atoms with Crippen LogP contribution in [0.5, 0.6) is 0 Å². The van der Waals surface area contributed by atoms with E-state index in [1.54, 1.807) is 11.3 Å². The highest BCUT2D eigenvalue weighted by molar-refractivity contribution is 7.15. The average molecular weight is 334 g/mol. The molecule has 126 valence electrons. The molecule has 0 fully saturated rings. The molecule has 0 radical (unpaired) electrons. The second-order valence-electron chi connectivity index (χ2n) is 6.08. The normalized spacial score (nSPS) is 15.4. The second-order valence-corrected chi connectivity index (χ2v) is 7.15. The molecule has 1 N–H and O–H groups in total. The molecule has 0 atom stereocenters. The van der Waals surface area contributed by atoms with Crippen LogP contribution in [0.3, 0.4) is 0 Å². The van der Waals surface area contributed by atoms with Crippen molar-refractivity contribution in [1.29, 1.82) is 0 Å². The highest BCUT2D eigenvalue weighted by atomic mass is 32.1. The Kier molecular flexibility index (Phi) is 5.61. The third-order valence-corrected chi connectivity index (χ3v) is 4.98. The summed E-state index contributed by atoms with van der Waals surface area (Å²) in [6, 6.07) is 2.23. The van der Waals surface area contributed by atoms with Crippen LogP contribution in [0.4, 0.5) is 5.13 Å². The largest absolute Gasteiger partial charge is 0.354 e. The van der Waals surface area contributed by atoms with Crippen molar-refractivity contribution in [1.82, 2.24) is 24.9 Å². The third kappa shape index (κ3) is 4.29. The molecule has 0 amide bonds. The highest BCUT2D eigenvalue weighted by Gasteiger charge is 2.16. The molecular weight excluding hydrogens is 308 g/mol. The molecule has 3 rings (SSSR count). The number of nitrogens with zero attached hydrogens (tertiary/aromatic N) is 5. The molecule has 23 heavy (non-hydrogen) atoms. The summed E-state index contributed by atoms with van der Waals surface area (Å²) in [5.74, 6) is 0. The Labute approximate surface area is 141 Å². The van der Waals surface area contributed by atoms with Crippen molar-refractivity contribution in [3.63, 3.8) is 0 Å². The van der Waals surface area contributed by atoms with Gasteiger partial charge in [0.1, 0.15) is 5.01 Å². The van der Waals surface area contributed by atoms with E-state index in [1.807, 2.05) is 0 Å².